The van der Waals surface area contributed by atoms with Gasteiger partial charge in [0.05, 0.1) is 12.1 Å². The Labute approximate surface area is 183 Å². The first-order valence-electron chi connectivity index (χ1n) is 10.2. The molecule has 0 spiro atoms. The number of hydrogen-bond donors (Lipinski definition) is 2. The molecule has 1 fully saturated rings. The first kappa shape index (κ1) is 21.0. The Hall–Kier alpha value is -3.27. The van der Waals surface area contributed by atoms with Gasteiger partial charge in [-0.1, -0.05) is 17.4 Å². The molecule has 0 saturated heterocycles. The molecule has 1 aliphatic rings. The molecule has 160 valence electrons. The van der Waals surface area contributed by atoms with Crippen molar-refractivity contribution in [1.82, 2.24) is 25.4 Å². The summed E-state index contributed by atoms with van der Waals surface area (Å²) in [6.07, 6.45) is 5.86. The van der Waals surface area contributed by atoms with Crippen LogP contribution < -0.4 is 10.6 Å². The molecule has 31 heavy (non-hydrogen) atoms. The van der Waals surface area contributed by atoms with E-state index >= 15 is 0 Å². The Kier molecular flexibility index (Phi) is 6.56. The number of carbonyl (C=O) groups excluding carboxylic acids is 2. The molecule has 0 aliphatic heterocycles. The maximum Gasteiger partial charge on any atom is 0.232 e. The Balaban J connectivity index is 1.28. The van der Waals surface area contributed by atoms with Crippen LogP contribution in [-0.2, 0) is 22.4 Å². The minimum atomic E-state index is -0.162. The van der Waals surface area contributed by atoms with E-state index in [0.29, 0.717) is 22.8 Å². The summed E-state index contributed by atoms with van der Waals surface area (Å²) in [7, 11) is 0. The molecular weight excluding hydrogens is 414 g/mol. The SMILES string of the molecule is CC(=O)Nc1ccc(C[C@H]2CC[C@@H](c3nnc(NC(=O)Cc4ccccn4)s3)C2)nn1. The summed E-state index contributed by atoms with van der Waals surface area (Å²) in [6.45, 7) is 1.44. The fraction of sp³-hybridized carbons (Fsp3) is 0.381. The molecule has 10 heteroatoms. The van der Waals surface area contributed by atoms with Gasteiger partial charge in [0.2, 0.25) is 16.9 Å². The van der Waals surface area contributed by atoms with Crippen LogP contribution in [0.25, 0.3) is 0 Å². The smallest absolute Gasteiger partial charge is 0.232 e. The van der Waals surface area contributed by atoms with E-state index in [4.69, 9.17) is 0 Å². The van der Waals surface area contributed by atoms with E-state index in [1.807, 2.05) is 24.3 Å². The summed E-state index contributed by atoms with van der Waals surface area (Å²) in [5, 5.41) is 23.7. The molecule has 2 amide bonds. The molecule has 0 aromatic carbocycles. The molecular formula is C21H23N7O2S. The largest absolute Gasteiger partial charge is 0.309 e. The number of aromatic nitrogens is 5. The van der Waals surface area contributed by atoms with Crippen LogP contribution >= 0.6 is 11.3 Å². The van der Waals surface area contributed by atoms with E-state index in [9.17, 15) is 9.59 Å². The van der Waals surface area contributed by atoms with Gasteiger partial charge in [-0.25, -0.2) is 0 Å². The zero-order chi connectivity index (χ0) is 21.6. The molecule has 4 rings (SSSR count). The molecule has 3 aromatic rings. The molecule has 2 atom stereocenters. The second kappa shape index (κ2) is 9.69. The minimum Gasteiger partial charge on any atom is -0.309 e. The number of pyridine rings is 1. The van der Waals surface area contributed by atoms with Crippen LogP contribution in [0.15, 0.2) is 36.5 Å². The first-order chi connectivity index (χ1) is 15.0. The van der Waals surface area contributed by atoms with Crippen molar-refractivity contribution in [1.29, 1.82) is 0 Å². The van der Waals surface area contributed by atoms with Gasteiger partial charge in [0.15, 0.2) is 5.82 Å². The van der Waals surface area contributed by atoms with Crippen molar-refractivity contribution in [2.45, 2.75) is 44.9 Å². The molecule has 3 heterocycles. The van der Waals surface area contributed by atoms with Gasteiger partial charge in [-0.2, -0.15) is 5.10 Å². The van der Waals surface area contributed by atoms with Crippen LogP contribution in [0.4, 0.5) is 10.9 Å². The van der Waals surface area contributed by atoms with Gasteiger partial charge in [-0.3, -0.25) is 14.6 Å². The lowest BCUT2D eigenvalue weighted by atomic mass is 10.00. The van der Waals surface area contributed by atoms with Gasteiger partial charge < -0.3 is 10.6 Å². The highest BCUT2D eigenvalue weighted by atomic mass is 32.1. The summed E-state index contributed by atoms with van der Waals surface area (Å²) < 4.78 is 0. The highest BCUT2D eigenvalue weighted by Gasteiger charge is 2.29. The van der Waals surface area contributed by atoms with Crippen LogP contribution in [0.5, 0.6) is 0 Å². The molecule has 3 aromatic heterocycles. The van der Waals surface area contributed by atoms with Gasteiger partial charge in [-0.15, -0.1) is 15.3 Å². The summed E-state index contributed by atoms with van der Waals surface area (Å²) in [6, 6.07) is 9.19. The summed E-state index contributed by atoms with van der Waals surface area (Å²) in [5.41, 5.74) is 1.64. The van der Waals surface area contributed by atoms with Crippen LogP contribution in [-0.4, -0.2) is 37.2 Å². The standard InChI is InChI=1S/C21H23N7O2S/c1-13(29)23-18-8-7-17(25-26-18)11-14-5-6-15(10-14)20-27-28-21(31-20)24-19(30)12-16-4-2-3-9-22-16/h2-4,7-9,14-15H,5-6,10-12H2,1H3,(H,23,26,29)(H,24,28,30)/t14-,15+/m0/s1. The lowest BCUT2D eigenvalue weighted by Gasteiger charge is -2.09. The Bertz CT molecular complexity index is 1040. The normalized spacial score (nSPS) is 18.0. The predicted octanol–water partition coefficient (Wildman–Crippen LogP) is 2.99. The van der Waals surface area contributed by atoms with Gasteiger partial charge in [0, 0.05) is 24.7 Å². The average Bonchev–Trinajstić information content (AvgIpc) is 3.39. The average molecular weight is 438 g/mol. The number of nitrogens with zero attached hydrogens (tertiary/aromatic N) is 5. The number of carbonyl (C=O) groups is 2. The van der Waals surface area contributed by atoms with Crippen LogP contribution in [0.1, 0.15) is 48.5 Å². The molecule has 1 aliphatic carbocycles. The molecule has 9 nitrogen and oxygen atoms in total. The predicted molar refractivity (Wildman–Crippen MR) is 117 cm³/mol. The molecule has 0 bridgehead atoms. The maximum atomic E-state index is 12.2. The highest BCUT2D eigenvalue weighted by Crippen LogP contribution is 2.41. The van der Waals surface area contributed by atoms with Crippen molar-refractivity contribution in [3.8, 4) is 0 Å². The third kappa shape index (κ3) is 5.88. The fourth-order valence-corrected chi connectivity index (χ4v) is 4.68. The summed E-state index contributed by atoms with van der Waals surface area (Å²) in [4.78, 5) is 27.4. The number of amides is 2. The Morgan fingerprint density at radius 2 is 1.94 bits per heavy atom. The number of anilines is 2. The van der Waals surface area contributed by atoms with E-state index < -0.39 is 0 Å². The van der Waals surface area contributed by atoms with E-state index in [1.165, 1.54) is 18.3 Å². The van der Waals surface area contributed by atoms with Crippen LogP contribution in [0.2, 0.25) is 0 Å². The number of nitrogens with one attached hydrogen (secondary N) is 2. The molecule has 0 unspecified atom stereocenters. The van der Waals surface area contributed by atoms with Gasteiger partial charge in [0.25, 0.3) is 0 Å². The second-order valence-corrected chi connectivity index (χ2v) is 8.67. The van der Waals surface area contributed by atoms with Crippen molar-refractivity contribution < 1.29 is 9.59 Å². The summed E-state index contributed by atoms with van der Waals surface area (Å²) >= 11 is 1.44. The summed E-state index contributed by atoms with van der Waals surface area (Å²) in [5.74, 6) is 0.997. The lowest BCUT2D eigenvalue weighted by Crippen LogP contribution is -2.14. The van der Waals surface area contributed by atoms with E-state index in [1.54, 1.807) is 12.3 Å². The monoisotopic (exact) mass is 437 g/mol. The van der Waals surface area contributed by atoms with Gasteiger partial charge in [-0.05, 0) is 55.9 Å². The Morgan fingerprint density at radius 1 is 1.03 bits per heavy atom. The van der Waals surface area contributed by atoms with Crippen molar-refractivity contribution in [2.24, 2.45) is 5.92 Å². The zero-order valence-electron chi connectivity index (χ0n) is 17.1. The zero-order valence-corrected chi connectivity index (χ0v) is 17.9. The van der Waals surface area contributed by atoms with Crippen LogP contribution in [0.3, 0.4) is 0 Å². The van der Waals surface area contributed by atoms with Crippen molar-refractivity contribution in [3.63, 3.8) is 0 Å². The third-order valence-electron chi connectivity index (χ3n) is 5.17. The van der Waals surface area contributed by atoms with Crippen molar-refractivity contribution in [2.75, 3.05) is 10.6 Å². The van der Waals surface area contributed by atoms with E-state index in [2.05, 4.69) is 36.0 Å². The minimum absolute atomic E-state index is 0.146. The topological polar surface area (TPSA) is 123 Å². The fourth-order valence-electron chi connectivity index (χ4n) is 3.78. The lowest BCUT2D eigenvalue weighted by molar-refractivity contribution is -0.116. The Morgan fingerprint density at radius 3 is 2.68 bits per heavy atom. The van der Waals surface area contributed by atoms with Crippen molar-refractivity contribution >= 4 is 34.1 Å². The third-order valence-corrected chi connectivity index (χ3v) is 6.17. The van der Waals surface area contributed by atoms with Crippen molar-refractivity contribution in [3.05, 3.63) is 52.9 Å². The first-order valence-corrected chi connectivity index (χ1v) is 11.0. The number of hydrogen-bond acceptors (Lipinski definition) is 8. The quantitative estimate of drug-likeness (QED) is 0.582. The second-order valence-electron chi connectivity index (χ2n) is 7.66. The van der Waals surface area contributed by atoms with Crippen LogP contribution in [0, 0.1) is 5.92 Å². The maximum absolute atomic E-state index is 12.2. The number of rotatable bonds is 7. The molecule has 0 radical (unpaired) electrons. The highest BCUT2D eigenvalue weighted by molar-refractivity contribution is 7.15. The molecule has 2 N–H and O–H groups in total. The van der Waals surface area contributed by atoms with E-state index in [-0.39, 0.29) is 18.2 Å². The van der Waals surface area contributed by atoms with E-state index in [0.717, 1.165) is 42.1 Å². The molecule has 1 saturated carbocycles. The van der Waals surface area contributed by atoms with Gasteiger partial charge >= 0.3 is 0 Å². The van der Waals surface area contributed by atoms with Gasteiger partial charge in [0.1, 0.15) is 5.01 Å².